The molecule has 5 aromatic rings. The fourth-order valence-corrected chi connectivity index (χ4v) is 5.46. The molecule has 1 atom stereocenters. The van der Waals surface area contributed by atoms with Gasteiger partial charge in [0.15, 0.2) is 23.0 Å². The van der Waals surface area contributed by atoms with Crippen LogP contribution >= 0.6 is 0 Å². The van der Waals surface area contributed by atoms with Crippen LogP contribution in [0.3, 0.4) is 0 Å². The predicted octanol–water partition coefficient (Wildman–Crippen LogP) is 3.31. The number of anilines is 3. The molecule has 2 aliphatic rings. The molecule has 1 N–H and O–H groups in total. The molecule has 200 valence electrons. The Balaban J connectivity index is 1.15. The van der Waals surface area contributed by atoms with E-state index < -0.39 is 0 Å². The maximum Gasteiger partial charge on any atom is 0.246 e. The molecule has 1 aromatic carbocycles. The summed E-state index contributed by atoms with van der Waals surface area (Å²) in [4.78, 5) is 34.6. The Labute approximate surface area is 230 Å². The van der Waals surface area contributed by atoms with Crippen LogP contribution < -0.4 is 15.0 Å². The lowest BCUT2D eigenvalue weighted by atomic mass is 10.0. The lowest BCUT2D eigenvalue weighted by Gasteiger charge is -2.39. The van der Waals surface area contributed by atoms with E-state index in [0.717, 1.165) is 29.1 Å². The van der Waals surface area contributed by atoms with Crippen LogP contribution in [0.25, 0.3) is 16.7 Å². The topological polar surface area (TPSA) is 114 Å². The van der Waals surface area contributed by atoms with Gasteiger partial charge in [0.05, 0.1) is 11.6 Å². The predicted molar refractivity (Wildman–Crippen MR) is 151 cm³/mol. The minimum Gasteiger partial charge on any atom is -0.487 e. The van der Waals surface area contributed by atoms with E-state index in [0.29, 0.717) is 48.8 Å². The highest BCUT2D eigenvalue weighted by atomic mass is 16.5. The van der Waals surface area contributed by atoms with Gasteiger partial charge in [0, 0.05) is 37.6 Å². The number of hydrogen-bond acceptors (Lipinski definition) is 9. The summed E-state index contributed by atoms with van der Waals surface area (Å²) in [6.45, 7) is 8.03. The number of piperazine rings is 1. The van der Waals surface area contributed by atoms with E-state index in [9.17, 15) is 4.79 Å². The van der Waals surface area contributed by atoms with Crippen molar-refractivity contribution >= 4 is 39.9 Å². The second-order valence-corrected chi connectivity index (χ2v) is 10.1. The second kappa shape index (κ2) is 9.60. The van der Waals surface area contributed by atoms with Crippen LogP contribution in [0, 0.1) is 6.92 Å². The number of rotatable bonds is 5. The van der Waals surface area contributed by atoms with E-state index in [4.69, 9.17) is 9.72 Å². The highest BCUT2D eigenvalue weighted by molar-refractivity contribution is 5.90. The molecule has 2 aliphatic heterocycles. The molecule has 11 heteroatoms. The van der Waals surface area contributed by atoms with Gasteiger partial charge >= 0.3 is 0 Å². The fourth-order valence-electron chi connectivity index (χ4n) is 5.46. The molecule has 0 saturated carbocycles. The van der Waals surface area contributed by atoms with Crippen molar-refractivity contribution in [3.05, 3.63) is 84.6 Å². The minimum atomic E-state index is -0.0765. The molecule has 0 spiro atoms. The van der Waals surface area contributed by atoms with Crippen LogP contribution in [0.15, 0.2) is 67.9 Å². The molecule has 0 radical (unpaired) electrons. The fraction of sp³-hybridized carbons (Fsp3) is 0.241. The minimum absolute atomic E-state index is 0.0694. The Hall–Kier alpha value is -5.06. The normalized spacial score (nSPS) is 16.4. The van der Waals surface area contributed by atoms with Gasteiger partial charge in [-0.3, -0.25) is 4.79 Å². The number of pyridine rings is 2. The largest absolute Gasteiger partial charge is 0.487 e. The summed E-state index contributed by atoms with van der Waals surface area (Å²) < 4.78 is 7.89. The van der Waals surface area contributed by atoms with Gasteiger partial charge in [0.1, 0.15) is 24.8 Å². The third kappa shape index (κ3) is 4.25. The summed E-state index contributed by atoms with van der Waals surface area (Å²) in [5.41, 5.74) is 6.67. The zero-order valence-electron chi connectivity index (χ0n) is 22.0. The Bertz CT molecular complexity index is 1780. The number of carbonyl (C=O) groups is 1. The number of benzene rings is 1. The van der Waals surface area contributed by atoms with E-state index >= 15 is 0 Å². The van der Waals surface area contributed by atoms with Crippen molar-refractivity contribution in [1.82, 2.24) is 34.4 Å². The molecule has 0 aliphatic carbocycles. The number of amides is 1. The summed E-state index contributed by atoms with van der Waals surface area (Å²) in [7, 11) is 0. The number of aromatic nitrogens is 6. The highest BCUT2D eigenvalue weighted by Crippen LogP contribution is 2.36. The van der Waals surface area contributed by atoms with Gasteiger partial charge in [0.25, 0.3) is 0 Å². The molecule has 0 unspecified atom stereocenters. The van der Waals surface area contributed by atoms with Crippen molar-refractivity contribution in [2.24, 2.45) is 0 Å². The summed E-state index contributed by atoms with van der Waals surface area (Å²) in [6.07, 6.45) is 7.18. The summed E-state index contributed by atoms with van der Waals surface area (Å²) in [6, 6.07) is 12.3. The third-order valence-corrected chi connectivity index (χ3v) is 7.57. The van der Waals surface area contributed by atoms with Crippen LogP contribution in [-0.4, -0.2) is 72.6 Å². The van der Waals surface area contributed by atoms with Gasteiger partial charge in [0.2, 0.25) is 5.91 Å². The Kier molecular flexibility index (Phi) is 5.76. The quantitative estimate of drug-likeness (QED) is 0.340. The first-order chi connectivity index (χ1) is 19.6. The van der Waals surface area contributed by atoms with Crippen LogP contribution in [0.4, 0.5) is 17.3 Å². The van der Waals surface area contributed by atoms with Gasteiger partial charge in [-0.05, 0) is 60.4 Å². The van der Waals surface area contributed by atoms with Gasteiger partial charge in [-0.1, -0.05) is 12.6 Å². The van der Waals surface area contributed by atoms with E-state index in [1.54, 1.807) is 10.8 Å². The van der Waals surface area contributed by atoms with Crippen LogP contribution in [0.2, 0.25) is 0 Å². The Morgan fingerprint density at radius 3 is 2.95 bits per heavy atom. The van der Waals surface area contributed by atoms with Gasteiger partial charge in [-0.15, -0.1) is 0 Å². The number of fused-ring (bicyclic) bond motifs is 6. The maximum atomic E-state index is 12.3. The molecule has 1 amide bonds. The van der Waals surface area contributed by atoms with Crippen molar-refractivity contribution < 1.29 is 9.53 Å². The number of carbonyl (C=O) groups excluding carboxylic acids is 1. The molecule has 2 bridgehead atoms. The molecular weight excluding hydrogens is 506 g/mol. The first-order valence-corrected chi connectivity index (χ1v) is 13.2. The monoisotopic (exact) mass is 533 g/mol. The molecule has 7 rings (SSSR count). The average molecular weight is 534 g/mol. The molecule has 11 nitrogen and oxygen atoms in total. The molecule has 4 aromatic heterocycles. The van der Waals surface area contributed by atoms with Gasteiger partial charge in [-0.25, -0.2) is 24.5 Å². The smallest absolute Gasteiger partial charge is 0.246 e. The summed E-state index contributed by atoms with van der Waals surface area (Å²) in [5.74, 6) is 1.96. The Morgan fingerprint density at radius 1 is 1.15 bits per heavy atom. The highest BCUT2D eigenvalue weighted by Gasteiger charge is 2.34. The summed E-state index contributed by atoms with van der Waals surface area (Å²) >= 11 is 0. The first kappa shape index (κ1) is 24.0. The standard InChI is InChI=1S/C29H27N9O2/c1-3-26(39)37-9-8-36-14-22(37)15-40-24-13-23-27(35-29(24)36)28(32-16-30-23)34-21-5-4-20(18(2)10-21)11-19-6-7-38-25(12-19)31-17-33-38/h3-7,10,12-13,16-17,22H,1,8-9,11,14-15H2,2H3,(H,30,32,34)/t22-/m0/s1. The lowest BCUT2D eigenvalue weighted by Crippen LogP contribution is -2.56. The van der Waals surface area contributed by atoms with E-state index in [1.165, 1.54) is 23.5 Å². The van der Waals surface area contributed by atoms with E-state index in [1.807, 2.05) is 17.2 Å². The van der Waals surface area contributed by atoms with E-state index in [-0.39, 0.29) is 11.9 Å². The van der Waals surface area contributed by atoms with Crippen LogP contribution in [-0.2, 0) is 11.2 Å². The van der Waals surface area contributed by atoms with Crippen molar-refractivity contribution in [1.29, 1.82) is 0 Å². The zero-order chi connectivity index (χ0) is 27.2. The number of aryl methyl sites for hydroxylation is 1. The average Bonchev–Trinajstić information content (AvgIpc) is 3.40. The van der Waals surface area contributed by atoms with Crippen LogP contribution in [0.5, 0.6) is 5.75 Å². The molecular formula is C29H27N9O2. The summed E-state index contributed by atoms with van der Waals surface area (Å²) in [5, 5.41) is 7.62. The van der Waals surface area contributed by atoms with Crippen molar-refractivity contribution in [2.75, 3.05) is 36.5 Å². The Morgan fingerprint density at radius 2 is 2.08 bits per heavy atom. The number of ether oxygens (including phenoxy) is 1. The van der Waals surface area contributed by atoms with Gasteiger partial charge in [-0.2, -0.15) is 5.10 Å². The second-order valence-electron chi connectivity index (χ2n) is 10.1. The first-order valence-electron chi connectivity index (χ1n) is 13.2. The molecule has 1 saturated heterocycles. The third-order valence-electron chi connectivity index (χ3n) is 7.57. The lowest BCUT2D eigenvalue weighted by molar-refractivity contribution is -0.129. The van der Waals surface area contributed by atoms with E-state index in [2.05, 4.69) is 74.1 Å². The number of nitrogens with one attached hydrogen (secondary N) is 1. The van der Waals surface area contributed by atoms with Crippen LogP contribution in [0.1, 0.15) is 16.7 Å². The van der Waals surface area contributed by atoms with Crippen molar-refractivity contribution in [2.45, 2.75) is 19.4 Å². The molecule has 40 heavy (non-hydrogen) atoms. The SMILES string of the molecule is C=CC(=O)N1CCN2C[C@H]1COc1cc3ncnc(Nc4ccc(Cc5ccn6ncnc6c5)c(C)c4)c3nc12. The number of nitrogens with zero attached hydrogens (tertiary/aromatic N) is 8. The van der Waals surface area contributed by atoms with Gasteiger partial charge < -0.3 is 19.9 Å². The zero-order valence-corrected chi connectivity index (χ0v) is 22.0. The van der Waals surface area contributed by atoms with Crippen molar-refractivity contribution in [3.8, 4) is 5.75 Å². The number of hydrogen-bond donors (Lipinski definition) is 1. The maximum absolute atomic E-state index is 12.3. The molecule has 1 fully saturated rings. The van der Waals surface area contributed by atoms with Crippen molar-refractivity contribution in [3.63, 3.8) is 0 Å². The molecule has 6 heterocycles.